The first kappa shape index (κ1) is 10.7. The lowest BCUT2D eigenvalue weighted by atomic mass is 9.93. The third kappa shape index (κ3) is 1.67. The van der Waals surface area contributed by atoms with Crippen LogP contribution in [0.4, 0.5) is 5.69 Å². The summed E-state index contributed by atoms with van der Waals surface area (Å²) in [6.45, 7) is 6.22. The van der Waals surface area contributed by atoms with Crippen LogP contribution in [0.1, 0.15) is 16.7 Å². The average molecular weight is 212 g/mol. The molecule has 0 saturated heterocycles. The summed E-state index contributed by atoms with van der Waals surface area (Å²) in [4.78, 5) is 4.15. The summed E-state index contributed by atoms with van der Waals surface area (Å²) in [6.07, 6.45) is 3.66. The molecule has 82 valence electrons. The first-order valence-electron chi connectivity index (χ1n) is 5.38. The summed E-state index contributed by atoms with van der Waals surface area (Å²) in [5, 5.41) is 0. The topological polar surface area (TPSA) is 38.9 Å². The molecule has 0 radical (unpaired) electrons. The second-order valence-electron chi connectivity index (χ2n) is 4.17. The van der Waals surface area contributed by atoms with Gasteiger partial charge in [-0.15, -0.1) is 0 Å². The first-order valence-corrected chi connectivity index (χ1v) is 5.38. The Morgan fingerprint density at radius 3 is 2.50 bits per heavy atom. The highest BCUT2D eigenvalue weighted by Crippen LogP contribution is 2.32. The monoisotopic (exact) mass is 212 g/mol. The summed E-state index contributed by atoms with van der Waals surface area (Å²) in [6, 6.07) is 6.14. The van der Waals surface area contributed by atoms with Crippen molar-refractivity contribution in [1.82, 2.24) is 4.98 Å². The summed E-state index contributed by atoms with van der Waals surface area (Å²) in [7, 11) is 0. The molecule has 0 amide bonds. The van der Waals surface area contributed by atoms with E-state index in [9.17, 15) is 0 Å². The SMILES string of the molecule is Cc1cc(C)c(-c2cccnc2)c(C)c1N. The predicted molar refractivity (Wildman–Crippen MR) is 68.3 cm³/mol. The van der Waals surface area contributed by atoms with Gasteiger partial charge >= 0.3 is 0 Å². The molecule has 16 heavy (non-hydrogen) atoms. The molecule has 0 aliphatic heterocycles. The molecule has 0 aliphatic rings. The summed E-state index contributed by atoms with van der Waals surface area (Å²) < 4.78 is 0. The molecule has 0 saturated carbocycles. The lowest BCUT2D eigenvalue weighted by Gasteiger charge is -2.14. The highest BCUT2D eigenvalue weighted by atomic mass is 14.6. The number of nitrogen functional groups attached to an aromatic ring is 1. The Labute approximate surface area is 96.1 Å². The second-order valence-corrected chi connectivity index (χ2v) is 4.17. The van der Waals surface area contributed by atoms with Gasteiger partial charge in [-0.05, 0) is 49.1 Å². The van der Waals surface area contributed by atoms with E-state index < -0.39 is 0 Å². The maximum absolute atomic E-state index is 6.07. The fraction of sp³-hybridized carbons (Fsp3) is 0.214. The van der Waals surface area contributed by atoms with E-state index >= 15 is 0 Å². The minimum Gasteiger partial charge on any atom is -0.398 e. The van der Waals surface area contributed by atoms with Gasteiger partial charge in [-0.2, -0.15) is 0 Å². The molecule has 0 spiro atoms. The zero-order valence-corrected chi connectivity index (χ0v) is 9.91. The molecule has 1 aromatic heterocycles. The Kier molecular flexibility index (Phi) is 2.65. The van der Waals surface area contributed by atoms with Crippen LogP contribution >= 0.6 is 0 Å². The van der Waals surface area contributed by atoms with Gasteiger partial charge in [-0.1, -0.05) is 12.1 Å². The van der Waals surface area contributed by atoms with Gasteiger partial charge < -0.3 is 5.73 Å². The van der Waals surface area contributed by atoms with E-state index in [0.717, 1.165) is 22.4 Å². The van der Waals surface area contributed by atoms with E-state index in [1.165, 1.54) is 11.1 Å². The largest absolute Gasteiger partial charge is 0.398 e. The molecule has 0 fully saturated rings. The Hall–Kier alpha value is -1.83. The van der Waals surface area contributed by atoms with Crippen LogP contribution in [0.15, 0.2) is 30.6 Å². The molecule has 1 aromatic carbocycles. The molecule has 2 heteroatoms. The number of hydrogen-bond donors (Lipinski definition) is 1. The van der Waals surface area contributed by atoms with Crippen molar-refractivity contribution in [3.05, 3.63) is 47.3 Å². The molecule has 0 bridgehead atoms. The fourth-order valence-corrected chi connectivity index (χ4v) is 2.16. The summed E-state index contributed by atoms with van der Waals surface area (Å²) >= 11 is 0. The Bertz CT molecular complexity index is 516. The number of pyridine rings is 1. The van der Waals surface area contributed by atoms with E-state index in [1.54, 1.807) is 6.20 Å². The third-order valence-corrected chi connectivity index (χ3v) is 2.98. The van der Waals surface area contributed by atoms with E-state index in [-0.39, 0.29) is 0 Å². The zero-order chi connectivity index (χ0) is 11.7. The van der Waals surface area contributed by atoms with Crippen molar-refractivity contribution in [2.45, 2.75) is 20.8 Å². The van der Waals surface area contributed by atoms with Gasteiger partial charge in [0, 0.05) is 23.6 Å². The standard InChI is InChI=1S/C14H16N2/c1-9-7-10(2)14(15)11(3)13(9)12-5-4-6-16-8-12/h4-8H,15H2,1-3H3. The summed E-state index contributed by atoms with van der Waals surface area (Å²) in [5.74, 6) is 0. The van der Waals surface area contributed by atoms with Crippen molar-refractivity contribution in [2.24, 2.45) is 0 Å². The van der Waals surface area contributed by atoms with Crippen molar-refractivity contribution in [1.29, 1.82) is 0 Å². The smallest absolute Gasteiger partial charge is 0.0379 e. The minimum absolute atomic E-state index is 0.879. The molecule has 0 unspecified atom stereocenters. The maximum atomic E-state index is 6.07. The van der Waals surface area contributed by atoms with Gasteiger partial charge in [0.2, 0.25) is 0 Å². The molecule has 2 N–H and O–H groups in total. The van der Waals surface area contributed by atoms with Crippen molar-refractivity contribution < 1.29 is 0 Å². The van der Waals surface area contributed by atoms with Gasteiger partial charge in [0.05, 0.1) is 0 Å². The molecule has 2 rings (SSSR count). The van der Waals surface area contributed by atoms with Gasteiger partial charge in [0.1, 0.15) is 0 Å². The number of benzene rings is 1. The number of aryl methyl sites for hydroxylation is 2. The Balaban J connectivity index is 2.71. The van der Waals surface area contributed by atoms with Crippen molar-refractivity contribution >= 4 is 5.69 Å². The molecule has 2 aromatic rings. The van der Waals surface area contributed by atoms with Crippen molar-refractivity contribution in [2.75, 3.05) is 5.73 Å². The molecule has 1 heterocycles. The number of aromatic nitrogens is 1. The highest BCUT2D eigenvalue weighted by molar-refractivity contribution is 5.77. The highest BCUT2D eigenvalue weighted by Gasteiger charge is 2.10. The molecular formula is C14H16N2. The van der Waals surface area contributed by atoms with Crippen LogP contribution in [-0.2, 0) is 0 Å². The number of rotatable bonds is 1. The van der Waals surface area contributed by atoms with E-state index in [2.05, 4.69) is 31.0 Å². The van der Waals surface area contributed by atoms with Crippen LogP contribution in [0.25, 0.3) is 11.1 Å². The van der Waals surface area contributed by atoms with Crippen LogP contribution < -0.4 is 5.73 Å². The number of anilines is 1. The number of nitrogens with zero attached hydrogens (tertiary/aromatic N) is 1. The maximum Gasteiger partial charge on any atom is 0.0379 e. The molecule has 0 aliphatic carbocycles. The van der Waals surface area contributed by atoms with E-state index in [4.69, 9.17) is 5.73 Å². The van der Waals surface area contributed by atoms with Gasteiger partial charge in [0.25, 0.3) is 0 Å². The number of nitrogens with two attached hydrogens (primary N) is 1. The lowest BCUT2D eigenvalue weighted by Crippen LogP contribution is -1.98. The zero-order valence-electron chi connectivity index (χ0n) is 9.91. The first-order chi connectivity index (χ1) is 7.61. The third-order valence-electron chi connectivity index (χ3n) is 2.98. The lowest BCUT2D eigenvalue weighted by molar-refractivity contribution is 1.29. The van der Waals surface area contributed by atoms with Crippen LogP contribution in [0.3, 0.4) is 0 Å². The van der Waals surface area contributed by atoms with E-state index in [0.29, 0.717) is 0 Å². The van der Waals surface area contributed by atoms with Crippen molar-refractivity contribution in [3.63, 3.8) is 0 Å². The van der Waals surface area contributed by atoms with Crippen LogP contribution in [0, 0.1) is 20.8 Å². The minimum atomic E-state index is 0.879. The predicted octanol–water partition coefficient (Wildman–Crippen LogP) is 3.26. The van der Waals surface area contributed by atoms with Crippen LogP contribution in [0.5, 0.6) is 0 Å². The van der Waals surface area contributed by atoms with Gasteiger partial charge in [-0.25, -0.2) is 0 Å². The van der Waals surface area contributed by atoms with Gasteiger partial charge in [0.15, 0.2) is 0 Å². The molecule has 0 atom stereocenters. The quantitative estimate of drug-likeness (QED) is 0.737. The van der Waals surface area contributed by atoms with Gasteiger partial charge in [-0.3, -0.25) is 4.98 Å². The Morgan fingerprint density at radius 2 is 1.88 bits per heavy atom. The molecule has 2 nitrogen and oxygen atoms in total. The van der Waals surface area contributed by atoms with Crippen molar-refractivity contribution in [3.8, 4) is 11.1 Å². The average Bonchev–Trinajstić information content (AvgIpc) is 2.28. The van der Waals surface area contributed by atoms with E-state index in [1.807, 2.05) is 19.2 Å². The second kappa shape index (κ2) is 3.97. The molecular weight excluding hydrogens is 196 g/mol. The van der Waals surface area contributed by atoms with Crippen LogP contribution in [-0.4, -0.2) is 4.98 Å². The van der Waals surface area contributed by atoms with Crippen LogP contribution in [0.2, 0.25) is 0 Å². The fourth-order valence-electron chi connectivity index (χ4n) is 2.16. The Morgan fingerprint density at radius 1 is 1.12 bits per heavy atom. The number of hydrogen-bond acceptors (Lipinski definition) is 2. The normalized spacial score (nSPS) is 10.4. The summed E-state index contributed by atoms with van der Waals surface area (Å²) in [5.41, 5.74) is 12.8.